The van der Waals surface area contributed by atoms with Crippen molar-refractivity contribution >= 4 is 30.7 Å². The van der Waals surface area contributed by atoms with Gasteiger partial charge in [-0.05, 0) is 29.7 Å². The minimum Gasteiger partial charge on any atom is -0.351 e. The molecule has 3 rings (SSSR count). The summed E-state index contributed by atoms with van der Waals surface area (Å²) in [5.74, 6) is -0.171. The number of para-hydroxylation sites is 1. The van der Waals surface area contributed by atoms with Gasteiger partial charge in [-0.1, -0.05) is 39.0 Å². The van der Waals surface area contributed by atoms with Crippen LogP contribution in [-0.2, 0) is 11.3 Å². The average molecular weight is 436 g/mol. The Bertz CT molecular complexity index is 908. The second-order valence-electron chi connectivity index (χ2n) is 7.58. The maximum atomic E-state index is 12.4. The first-order valence-corrected chi connectivity index (χ1v) is 8.94. The Balaban J connectivity index is 0.00000210. The number of benzene rings is 1. The highest BCUT2D eigenvalue weighted by atomic mass is 35.5. The fraction of sp³-hybridized carbons (Fsp3) is 0.286. The van der Waals surface area contributed by atoms with Crippen molar-refractivity contribution in [1.82, 2.24) is 20.1 Å². The molecule has 0 saturated carbocycles. The molecule has 0 radical (unpaired) electrons. The number of amides is 1. The van der Waals surface area contributed by atoms with E-state index < -0.39 is 6.04 Å². The summed E-state index contributed by atoms with van der Waals surface area (Å²) in [7, 11) is 0. The predicted molar refractivity (Wildman–Crippen MR) is 121 cm³/mol. The van der Waals surface area contributed by atoms with Crippen LogP contribution < -0.4 is 11.1 Å². The quantitative estimate of drug-likeness (QED) is 0.638. The number of nitrogens with zero attached hydrogens (tertiary/aromatic N) is 3. The van der Waals surface area contributed by atoms with Crippen molar-refractivity contribution < 1.29 is 4.79 Å². The first kappa shape index (κ1) is 24.6. The minimum absolute atomic E-state index is 0. The molecule has 156 valence electrons. The van der Waals surface area contributed by atoms with Crippen LogP contribution in [0.2, 0.25) is 0 Å². The number of carbonyl (C=O) groups excluding carboxylic acids is 1. The zero-order chi connectivity index (χ0) is 19.4. The first-order valence-electron chi connectivity index (χ1n) is 8.94. The van der Waals surface area contributed by atoms with Crippen LogP contribution in [0.5, 0.6) is 0 Å². The molecule has 2 aromatic heterocycles. The molecule has 0 saturated heterocycles. The Hall–Kier alpha value is -2.41. The highest BCUT2D eigenvalue weighted by molar-refractivity contribution is 5.85. The van der Waals surface area contributed by atoms with Gasteiger partial charge in [-0.15, -0.1) is 24.8 Å². The number of hydrogen-bond donors (Lipinski definition) is 2. The Morgan fingerprint density at radius 1 is 1.10 bits per heavy atom. The van der Waals surface area contributed by atoms with Crippen molar-refractivity contribution in [3.63, 3.8) is 0 Å². The van der Waals surface area contributed by atoms with E-state index in [0.29, 0.717) is 6.54 Å². The summed E-state index contributed by atoms with van der Waals surface area (Å²) in [6, 6.07) is 13.1. The predicted octanol–water partition coefficient (Wildman–Crippen LogP) is 3.77. The minimum atomic E-state index is -0.578. The third-order valence-corrected chi connectivity index (χ3v) is 4.43. The number of nitrogens with one attached hydrogen (secondary N) is 1. The van der Waals surface area contributed by atoms with Gasteiger partial charge in [0, 0.05) is 36.3 Å². The summed E-state index contributed by atoms with van der Waals surface area (Å²) < 4.78 is 1.82. The topological polar surface area (TPSA) is 85.8 Å². The number of pyridine rings is 1. The number of aromatic nitrogens is 3. The Kier molecular flexibility index (Phi) is 8.82. The van der Waals surface area contributed by atoms with E-state index in [0.717, 1.165) is 22.5 Å². The van der Waals surface area contributed by atoms with E-state index in [-0.39, 0.29) is 36.1 Å². The molecule has 0 fully saturated rings. The van der Waals surface area contributed by atoms with Crippen LogP contribution in [0.3, 0.4) is 0 Å². The lowest BCUT2D eigenvalue weighted by Crippen LogP contribution is -2.48. The molecular formula is C21H27Cl2N5O. The maximum Gasteiger partial charge on any atom is 0.237 e. The van der Waals surface area contributed by atoms with E-state index in [4.69, 9.17) is 10.8 Å². The van der Waals surface area contributed by atoms with Gasteiger partial charge < -0.3 is 11.1 Å². The van der Waals surface area contributed by atoms with Gasteiger partial charge in [-0.2, -0.15) is 5.10 Å². The lowest BCUT2D eigenvalue weighted by Gasteiger charge is -2.25. The maximum absolute atomic E-state index is 12.4. The average Bonchev–Trinajstić information content (AvgIpc) is 3.10. The molecular weight excluding hydrogens is 409 g/mol. The molecule has 6 nitrogen and oxygen atoms in total. The van der Waals surface area contributed by atoms with Gasteiger partial charge in [-0.3, -0.25) is 9.78 Å². The van der Waals surface area contributed by atoms with Gasteiger partial charge in [0.15, 0.2) is 0 Å². The second-order valence-corrected chi connectivity index (χ2v) is 7.58. The van der Waals surface area contributed by atoms with E-state index in [1.807, 2.05) is 74.1 Å². The molecule has 1 aromatic carbocycles. The van der Waals surface area contributed by atoms with Gasteiger partial charge in [0.05, 0.1) is 17.4 Å². The second kappa shape index (κ2) is 10.4. The third-order valence-electron chi connectivity index (χ3n) is 4.43. The van der Waals surface area contributed by atoms with E-state index in [9.17, 15) is 4.79 Å². The van der Waals surface area contributed by atoms with Gasteiger partial charge in [-0.25, -0.2) is 4.68 Å². The van der Waals surface area contributed by atoms with Crippen molar-refractivity contribution in [1.29, 1.82) is 0 Å². The Morgan fingerprint density at radius 3 is 2.31 bits per heavy atom. The van der Waals surface area contributed by atoms with Gasteiger partial charge >= 0.3 is 0 Å². The molecule has 1 amide bonds. The van der Waals surface area contributed by atoms with Crippen LogP contribution in [0.25, 0.3) is 16.9 Å². The van der Waals surface area contributed by atoms with Crippen LogP contribution in [0.4, 0.5) is 0 Å². The van der Waals surface area contributed by atoms with E-state index in [1.165, 1.54) is 0 Å². The van der Waals surface area contributed by atoms with Crippen molar-refractivity contribution in [3.8, 4) is 16.9 Å². The summed E-state index contributed by atoms with van der Waals surface area (Å²) in [5, 5.41) is 7.68. The Labute approximate surface area is 183 Å². The lowest BCUT2D eigenvalue weighted by atomic mass is 9.87. The number of carbonyl (C=O) groups is 1. The van der Waals surface area contributed by atoms with Crippen LogP contribution in [0, 0.1) is 5.41 Å². The molecule has 1 atom stereocenters. The molecule has 0 aliphatic rings. The number of rotatable bonds is 5. The van der Waals surface area contributed by atoms with Crippen LogP contribution in [-0.4, -0.2) is 26.7 Å². The largest absolute Gasteiger partial charge is 0.351 e. The lowest BCUT2D eigenvalue weighted by molar-refractivity contribution is -0.124. The SMILES string of the molecule is CC(C)(C)[C@H](N)C(=O)NCc1cn(-c2ccccc2)nc1-c1ccncc1.Cl.Cl. The molecule has 8 heteroatoms. The van der Waals surface area contributed by atoms with Crippen molar-refractivity contribution in [2.75, 3.05) is 0 Å². The van der Waals surface area contributed by atoms with E-state index in [2.05, 4.69) is 10.3 Å². The molecule has 3 N–H and O–H groups in total. The van der Waals surface area contributed by atoms with E-state index in [1.54, 1.807) is 12.4 Å². The highest BCUT2D eigenvalue weighted by Crippen LogP contribution is 2.23. The molecule has 0 spiro atoms. The monoisotopic (exact) mass is 435 g/mol. The van der Waals surface area contributed by atoms with E-state index >= 15 is 0 Å². The number of halogens is 2. The first-order chi connectivity index (χ1) is 12.9. The molecule has 2 heterocycles. The number of nitrogens with two attached hydrogens (primary N) is 1. The summed E-state index contributed by atoms with van der Waals surface area (Å²) in [5.41, 5.74) is 9.39. The normalized spacial score (nSPS) is 11.7. The van der Waals surface area contributed by atoms with Crippen LogP contribution in [0.15, 0.2) is 61.1 Å². The molecule has 0 unspecified atom stereocenters. The van der Waals surface area contributed by atoms with Crippen molar-refractivity contribution in [3.05, 3.63) is 66.6 Å². The molecule has 0 aliphatic carbocycles. The fourth-order valence-electron chi connectivity index (χ4n) is 2.69. The number of hydrogen-bond acceptors (Lipinski definition) is 4. The van der Waals surface area contributed by atoms with Gasteiger partial charge in [0.25, 0.3) is 0 Å². The molecule has 3 aromatic rings. The summed E-state index contributed by atoms with van der Waals surface area (Å²) >= 11 is 0. The third kappa shape index (κ3) is 6.03. The van der Waals surface area contributed by atoms with Gasteiger partial charge in [0.1, 0.15) is 0 Å². The Morgan fingerprint density at radius 2 is 1.72 bits per heavy atom. The molecule has 29 heavy (non-hydrogen) atoms. The molecule has 0 bridgehead atoms. The van der Waals surface area contributed by atoms with Crippen molar-refractivity contribution in [2.24, 2.45) is 11.1 Å². The highest BCUT2D eigenvalue weighted by Gasteiger charge is 2.27. The van der Waals surface area contributed by atoms with Crippen LogP contribution >= 0.6 is 24.8 Å². The zero-order valence-electron chi connectivity index (χ0n) is 16.7. The standard InChI is InChI=1S/C21H25N5O.2ClH/c1-21(2,3)19(22)20(27)24-13-16-14-26(17-7-5-4-6-8-17)25-18(16)15-9-11-23-12-10-15;;/h4-12,14,19H,13,22H2,1-3H3,(H,24,27);2*1H/t19-;;/m1../s1. The van der Waals surface area contributed by atoms with Crippen LogP contribution in [0.1, 0.15) is 26.3 Å². The summed E-state index contributed by atoms with van der Waals surface area (Å²) in [6.45, 7) is 6.21. The zero-order valence-corrected chi connectivity index (χ0v) is 18.3. The molecule has 0 aliphatic heterocycles. The fourth-order valence-corrected chi connectivity index (χ4v) is 2.69. The van der Waals surface area contributed by atoms with Gasteiger partial charge in [0.2, 0.25) is 5.91 Å². The smallest absolute Gasteiger partial charge is 0.237 e. The summed E-state index contributed by atoms with van der Waals surface area (Å²) in [4.78, 5) is 16.5. The van der Waals surface area contributed by atoms with Crippen molar-refractivity contribution in [2.45, 2.75) is 33.4 Å². The summed E-state index contributed by atoms with van der Waals surface area (Å²) in [6.07, 6.45) is 5.40.